The molecule has 2 fully saturated rings. The first-order valence-corrected chi connectivity index (χ1v) is 18.0. The first-order chi connectivity index (χ1) is 25.2. The topological polar surface area (TPSA) is 138 Å². The Morgan fingerprint density at radius 1 is 1.00 bits per heavy atom. The Bertz CT molecular complexity index is 2230. The van der Waals surface area contributed by atoms with E-state index in [0.717, 1.165) is 52.8 Å². The zero-order valence-electron chi connectivity index (χ0n) is 28.6. The van der Waals surface area contributed by atoms with Gasteiger partial charge in [0.05, 0.1) is 34.3 Å². The van der Waals surface area contributed by atoms with Crippen molar-refractivity contribution in [3.8, 4) is 39.4 Å². The second-order valence-corrected chi connectivity index (χ2v) is 14.0. The van der Waals surface area contributed by atoms with Crippen LogP contribution in [-0.4, -0.2) is 69.0 Å². The van der Waals surface area contributed by atoms with Gasteiger partial charge < -0.3 is 20.5 Å². The lowest BCUT2D eigenvalue weighted by atomic mass is 9.97. The number of methoxy groups -OCH3 is 1. The quantitative estimate of drug-likeness (QED) is 0.147. The summed E-state index contributed by atoms with van der Waals surface area (Å²) in [5, 5.41) is 16.8. The number of pyridine rings is 2. The highest BCUT2D eigenvalue weighted by molar-refractivity contribution is 6.39. The molecule has 3 aromatic heterocycles. The number of piperidine rings is 1. The number of rotatable bonds is 11. The summed E-state index contributed by atoms with van der Waals surface area (Å²) in [6.07, 6.45) is 6.09. The van der Waals surface area contributed by atoms with E-state index in [-0.39, 0.29) is 17.5 Å². The minimum Gasteiger partial charge on any atom is -0.481 e. The number of likely N-dealkylation sites (tertiary alicyclic amines) is 1. The molecule has 2 aliphatic rings. The Kier molecular flexibility index (Phi) is 10.6. The van der Waals surface area contributed by atoms with Crippen molar-refractivity contribution in [2.45, 2.75) is 44.8 Å². The lowest BCUT2D eigenvalue weighted by Crippen LogP contribution is -2.39. The number of aliphatic carboxylic acids is 1. The first kappa shape index (κ1) is 35.6. The Morgan fingerprint density at radius 3 is 2.48 bits per heavy atom. The molecule has 13 heteroatoms. The number of fused-ring (bicyclic) bond motifs is 1. The van der Waals surface area contributed by atoms with Gasteiger partial charge in [-0.05, 0) is 49.6 Å². The van der Waals surface area contributed by atoms with Gasteiger partial charge in [0.15, 0.2) is 0 Å². The summed E-state index contributed by atoms with van der Waals surface area (Å²) in [6.45, 7) is 2.70. The molecular formula is C39H38Cl2N6O5. The lowest BCUT2D eigenvalue weighted by molar-refractivity contribution is -0.143. The van der Waals surface area contributed by atoms with E-state index in [0.29, 0.717) is 71.9 Å². The predicted molar refractivity (Wildman–Crippen MR) is 201 cm³/mol. The van der Waals surface area contributed by atoms with Crippen LogP contribution < -0.4 is 20.9 Å². The number of amides is 1. The molecule has 0 radical (unpaired) electrons. The third-order valence-electron chi connectivity index (χ3n) is 9.83. The van der Waals surface area contributed by atoms with Crippen molar-refractivity contribution in [2.24, 2.45) is 5.92 Å². The van der Waals surface area contributed by atoms with E-state index in [1.807, 2.05) is 65.6 Å². The van der Waals surface area contributed by atoms with E-state index >= 15 is 0 Å². The zero-order chi connectivity index (χ0) is 36.4. The van der Waals surface area contributed by atoms with Gasteiger partial charge in [0.25, 0.3) is 5.56 Å². The number of carboxylic acid groups (broad SMARTS) is 1. The van der Waals surface area contributed by atoms with Crippen LogP contribution in [0.4, 0.5) is 0 Å². The second kappa shape index (κ2) is 15.4. The Balaban J connectivity index is 1.12. The molecule has 0 unspecified atom stereocenters. The average molecular weight is 742 g/mol. The second-order valence-electron chi connectivity index (χ2n) is 13.3. The fourth-order valence-corrected chi connectivity index (χ4v) is 7.74. The minimum absolute atomic E-state index is 0.0882. The van der Waals surface area contributed by atoms with E-state index < -0.39 is 11.9 Å². The van der Waals surface area contributed by atoms with E-state index in [2.05, 4.69) is 15.6 Å². The lowest BCUT2D eigenvalue weighted by Gasteiger charge is -2.30. The van der Waals surface area contributed by atoms with Crippen LogP contribution in [0.15, 0.2) is 77.9 Å². The number of carbonyl (C=O) groups is 2. The molecule has 2 saturated heterocycles. The predicted octanol–water partition coefficient (Wildman–Crippen LogP) is 6.07. The molecule has 0 bridgehead atoms. The van der Waals surface area contributed by atoms with E-state index in [4.69, 9.17) is 32.9 Å². The van der Waals surface area contributed by atoms with Crippen LogP contribution in [0, 0.1) is 5.92 Å². The summed E-state index contributed by atoms with van der Waals surface area (Å²) in [4.78, 5) is 47.9. The van der Waals surface area contributed by atoms with Gasteiger partial charge in [0.1, 0.15) is 5.65 Å². The molecule has 3 N–H and O–H groups in total. The van der Waals surface area contributed by atoms with Gasteiger partial charge in [-0.1, -0.05) is 65.7 Å². The van der Waals surface area contributed by atoms with Crippen molar-refractivity contribution in [3.63, 3.8) is 0 Å². The molecule has 0 aliphatic carbocycles. The van der Waals surface area contributed by atoms with E-state index in [1.165, 1.54) is 4.40 Å². The third kappa shape index (κ3) is 7.40. The van der Waals surface area contributed by atoms with Crippen molar-refractivity contribution in [3.05, 3.63) is 105 Å². The summed E-state index contributed by atoms with van der Waals surface area (Å²) < 4.78 is 7.15. The average Bonchev–Trinajstić information content (AvgIpc) is 3.57. The number of nitrogens with one attached hydrogen (secondary N) is 2. The molecule has 1 amide bonds. The highest BCUT2D eigenvalue weighted by Gasteiger charge is 2.26. The van der Waals surface area contributed by atoms with Gasteiger partial charge in [0.2, 0.25) is 11.8 Å². The maximum absolute atomic E-state index is 13.4. The number of nitrogens with zero attached hydrogens (tertiary/aromatic N) is 4. The van der Waals surface area contributed by atoms with Crippen LogP contribution in [0.5, 0.6) is 5.88 Å². The number of hydrogen-bond donors (Lipinski definition) is 3. The standard InChI is InChI=1S/C39H38Cl2N6O5/c1-52-37-24(18-42-20-27-11-13-34(48)44-27)10-12-32(45-37)31-9-3-8-30(36(31)41)29-7-2-6-28(35(29)40)23-14-16-47-33(17-23)43-19-26(38(47)49)22-46-15-4-5-25(21-46)39(50)51/h2-3,6-10,12,14,16-17,19,25,27,42H,4-5,11,13,15,18,20-22H2,1H3,(H,44,48)(H,50,51)/t25-,27-/m1/s1. The monoisotopic (exact) mass is 740 g/mol. The van der Waals surface area contributed by atoms with Crippen molar-refractivity contribution >= 4 is 40.7 Å². The van der Waals surface area contributed by atoms with Crippen molar-refractivity contribution in [1.82, 2.24) is 29.9 Å². The van der Waals surface area contributed by atoms with Gasteiger partial charge in [-0.3, -0.25) is 23.7 Å². The molecule has 2 aliphatic heterocycles. The van der Waals surface area contributed by atoms with E-state index in [1.54, 1.807) is 19.5 Å². The minimum atomic E-state index is -0.802. The smallest absolute Gasteiger partial charge is 0.307 e. The molecule has 5 aromatic rings. The van der Waals surface area contributed by atoms with Gasteiger partial charge in [0, 0.05) is 78.9 Å². The highest BCUT2D eigenvalue weighted by Crippen LogP contribution is 2.42. The zero-order valence-corrected chi connectivity index (χ0v) is 30.1. The Morgan fingerprint density at radius 2 is 1.75 bits per heavy atom. The number of carbonyl (C=O) groups excluding carboxylic acids is 1. The number of benzene rings is 2. The summed E-state index contributed by atoms with van der Waals surface area (Å²) >= 11 is 14.2. The van der Waals surface area contributed by atoms with Crippen LogP contribution >= 0.6 is 23.2 Å². The highest BCUT2D eigenvalue weighted by atomic mass is 35.5. The molecular weight excluding hydrogens is 703 g/mol. The third-order valence-corrected chi connectivity index (χ3v) is 10.6. The fraction of sp³-hybridized carbons (Fsp3) is 0.308. The molecule has 7 rings (SSSR count). The fourth-order valence-electron chi connectivity index (χ4n) is 7.07. The van der Waals surface area contributed by atoms with Gasteiger partial charge in [-0.15, -0.1) is 0 Å². The van der Waals surface area contributed by atoms with Crippen LogP contribution in [0.3, 0.4) is 0 Å². The molecule has 0 saturated carbocycles. The Hall–Kier alpha value is -4.81. The first-order valence-electron chi connectivity index (χ1n) is 17.3. The van der Waals surface area contributed by atoms with Crippen molar-refractivity contribution < 1.29 is 19.4 Å². The molecule has 2 atom stereocenters. The van der Waals surface area contributed by atoms with Crippen LogP contribution in [0.1, 0.15) is 36.8 Å². The largest absolute Gasteiger partial charge is 0.481 e. The van der Waals surface area contributed by atoms with Crippen molar-refractivity contribution in [1.29, 1.82) is 0 Å². The Labute approximate surface area is 310 Å². The van der Waals surface area contributed by atoms with Crippen molar-refractivity contribution in [2.75, 3.05) is 26.7 Å². The maximum atomic E-state index is 13.4. The maximum Gasteiger partial charge on any atom is 0.307 e. The molecule has 268 valence electrons. The normalized spacial score (nSPS) is 17.7. The number of halogens is 2. The molecule has 0 spiro atoms. The summed E-state index contributed by atoms with van der Waals surface area (Å²) in [5.41, 5.74) is 6.06. The SMILES string of the molecule is COc1nc(-c2cccc(-c3cccc(-c4ccn5c(=O)c(CN6CCC[C@@H](C(=O)O)C6)cnc5c4)c3Cl)c2Cl)ccc1CNC[C@H]1CCC(=O)N1. The number of aromatic nitrogens is 3. The van der Waals surface area contributed by atoms with Gasteiger partial charge in [-0.2, -0.15) is 0 Å². The summed E-state index contributed by atoms with van der Waals surface area (Å²) in [5.74, 6) is -0.656. The van der Waals surface area contributed by atoms with Gasteiger partial charge >= 0.3 is 5.97 Å². The summed E-state index contributed by atoms with van der Waals surface area (Å²) in [7, 11) is 1.58. The number of ether oxygens (including phenoxy) is 1. The number of carboxylic acids is 1. The molecule has 2 aromatic carbocycles. The van der Waals surface area contributed by atoms with Crippen LogP contribution in [0.2, 0.25) is 10.0 Å². The number of hydrogen-bond acceptors (Lipinski definition) is 8. The molecule has 11 nitrogen and oxygen atoms in total. The molecule has 52 heavy (non-hydrogen) atoms. The summed E-state index contributed by atoms with van der Waals surface area (Å²) in [6, 6.07) is 19.1. The van der Waals surface area contributed by atoms with Crippen LogP contribution in [0.25, 0.3) is 39.2 Å². The molecule has 5 heterocycles. The van der Waals surface area contributed by atoms with Crippen LogP contribution in [-0.2, 0) is 22.7 Å². The van der Waals surface area contributed by atoms with E-state index in [9.17, 15) is 19.5 Å². The van der Waals surface area contributed by atoms with Gasteiger partial charge in [-0.25, -0.2) is 9.97 Å².